The molecule has 0 saturated heterocycles. The standard InChI is InChI=1S/C22H22N6O3/c1-3-13-27-20(23-25-26-27)15-31-22(29)18-14-28(16-9-5-4-6-10-16)24-21(18)17-11-7-8-12-19(17)30-2/h4-12,14H,3,13,15H2,1-2H3. The second-order valence-corrected chi connectivity index (χ2v) is 6.77. The first-order valence-corrected chi connectivity index (χ1v) is 9.92. The zero-order valence-electron chi connectivity index (χ0n) is 17.3. The van der Waals surface area contributed by atoms with Crippen molar-refractivity contribution in [3.05, 3.63) is 72.2 Å². The molecule has 9 heteroatoms. The van der Waals surface area contributed by atoms with Crippen molar-refractivity contribution >= 4 is 5.97 Å². The molecule has 0 N–H and O–H groups in total. The summed E-state index contributed by atoms with van der Waals surface area (Å²) in [6.45, 7) is 2.64. The number of aromatic nitrogens is 6. The molecule has 0 fully saturated rings. The number of ether oxygens (including phenoxy) is 2. The van der Waals surface area contributed by atoms with Gasteiger partial charge in [-0.15, -0.1) is 5.10 Å². The highest BCUT2D eigenvalue weighted by atomic mass is 16.5. The van der Waals surface area contributed by atoms with Crippen molar-refractivity contribution in [2.24, 2.45) is 0 Å². The average molecular weight is 418 g/mol. The highest BCUT2D eigenvalue weighted by Crippen LogP contribution is 2.32. The summed E-state index contributed by atoms with van der Waals surface area (Å²) in [6.07, 6.45) is 2.53. The van der Waals surface area contributed by atoms with Crippen LogP contribution in [0.15, 0.2) is 60.8 Å². The van der Waals surface area contributed by atoms with Crippen LogP contribution in [-0.4, -0.2) is 43.1 Å². The minimum absolute atomic E-state index is 0.0340. The number of hydrogen-bond acceptors (Lipinski definition) is 7. The molecule has 0 saturated carbocycles. The molecule has 31 heavy (non-hydrogen) atoms. The van der Waals surface area contributed by atoms with Crippen molar-refractivity contribution in [2.75, 3.05) is 7.11 Å². The summed E-state index contributed by atoms with van der Waals surface area (Å²) < 4.78 is 14.3. The Balaban J connectivity index is 1.69. The van der Waals surface area contributed by atoms with Crippen LogP contribution in [0, 0.1) is 0 Å². The molecule has 158 valence electrons. The predicted molar refractivity (Wildman–Crippen MR) is 113 cm³/mol. The van der Waals surface area contributed by atoms with Crippen molar-refractivity contribution in [3.63, 3.8) is 0 Å². The van der Waals surface area contributed by atoms with E-state index in [9.17, 15) is 4.79 Å². The van der Waals surface area contributed by atoms with Gasteiger partial charge < -0.3 is 9.47 Å². The predicted octanol–water partition coefficient (Wildman–Crippen LogP) is 3.30. The molecule has 0 atom stereocenters. The normalized spacial score (nSPS) is 10.8. The maximum Gasteiger partial charge on any atom is 0.342 e. The van der Waals surface area contributed by atoms with Crippen LogP contribution in [0.1, 0.15) is 29.5 Å². The van der Waals surface area contributed by atoms with E-state index in [4.69, 9.17) is 9.47 Å². The number of methoxy groups -OCH3 is 1. The van der Waals surface area contributed by atoms with Gasteiger partial charge in [0.2, 0.25) is 0 Å². The van der Waals surface area contributed by atoms with Gasteiger partial charge in [0, 0.05) is 18.3 Å². The van der Waals surface area contributed by atoms with Crippen molar-refractivity contribution in [2.45, 2.75) is 26.5 Å². The molecule has 0 amide bonds. The Labute approximate surface area is 179 Å². The summed E-state index contributed by atoms with van der Waals surface area (Å²) >= 11 is 0. The van der Waals surface area contributed by atoms with Gasteiger partial charge in [-0.2, -0.15) is 5.10 Å². The average Bonchev–Trinajstić information content (AvgIpc) is 3.45. The van der Waals surface area contributed by atoms with E-state index in [1.807, 2.05) is 61.5 Å². The fourth-order valence-corrected chi connectivity index (χ4v) is 3.20. The van der Waals surface area contributed by atoms with Gasteiger partial charge in [0.1, 0.15) is 17.0 Å². The molecule has 4 rings (SSSR count). The minimum Gasteiger partial charge on any atom is -0.496 e. The van der Waals surface area contributed by atoms with Gasteiger partial charge in [-0.25, -0.2) is 14.2 Å². The van der Waals surface area contributed by atoms with E-state index in [0.29, 0.717) is 34.9 Å². The first-order chi connectivity index (χ1) is 15.2. The molecule has 4 aromatic rings. The number of aryl methyl sites for hydroxylation is 1. The fourth-order valence-electron chi connectivity index (χ4n) is 3.20. The second kappa shape index (κ2) is 9.21. The van der Waals surface area contributed by atoms with E-state index >= 15 is 0 Å². The lowest BCUT2D eigenvalue weighted by Crippen LogP contribution is -2.11. The van der Waals surface area contributed by atoms with Gasteiger partial charge >= 0.3 is 5.97 Å². The van der Waals surface area contributed by atoms with Gasteiger partial charge in [0.25, 0.3) is 0 Å². The number of carbonyl (C=O) groups is 1. The summed E-state index contributed by atoms with van der Waals surface area (Å²) in [5, 5.41) is 16.2. The maximum absolute atomic E-state index is 13.1. The summed E-state index contributed by atoms with van der Waals surface area (Å²) in [6, 6.07) is 17.0. The van der Waals surface area contributed by atoms with Crippen LogP contribution >= 0.6 is 0 Å². The molecular weight excluding hydrogens is 396 g/mol. The first-order valence-electron chi connectivity index (χ1n) is 9.92. The highest BCUT2D eigenvalue weighted by Gasteiger charge is 2.23. The molecule has 0 radical (unpaired) electrons. The van der Waals surface area contributed by atoms with E-state index in [2.05, 4.69) is 20.6 Å². The first kappa shape index (κ1) is 20.3. The molecule has 0 unspecified atom stereocenters. The van der Waals surface area contributed by atoms with Crippen LogP contribution in [0.25, 0.3) is 16.9 Å². The summed E-state index contributed by atoms with van der Waals surface area (Å²) in [7, 11) is 1.58. The molecule has 9 nitrogen and oxygen atoms in total. The molecule has 0 aliphatic rings. The number of tetrazole rings is 1. The smallest absolute Gasteiger partial charge is 0.342 e. The minimum atomic E-state index is -0.519. The number of carbonyl (C=O) groups excluding carboxylic acids is 1. The Morgan fingerprint density at radius 2 is 1.84 bits per heavy atom. The Morgan fingerprint density at radius 1 is 1.06 bits per heavy atom. The number of rotatable bonds is 8. The molecule has 2 heterocycles. The summed E-state index contributed by atoms with van der Waals surface area (Å²) in [4.78, 5) is 13.1. The number of nitrogens with zero attached hydrogens (tertiary/aromatic N) is 6. The third-order valence-corrected chi connectivity index (χ3v) is 4.69. The van der Waals surface area contributed by atoms with E-state index < -0.39 is 5.97 Å². The van der Waals surface area contributed by atoms with Gasteiger partial charge in [-0.05, 0) is 41.1 Å². The van der Waals surface area contributed by atoms with Crippen molar-refractivity contribution in [3.8, 4) is 22.7 Å². The van der Waals surface area contributed by atoms with Gasteiger partial charge in [0.05, 0.1) is 12.8 Å². The Bertz CT molecular complexity index is 1170. The fraction of sp³-hybridized carbons (Fsp3) is 0.227. The van der Waals surface area contributed by atoms with E-state index in [-0.39, 0.29) is 6.61 Å². The summed E-state index contributed by atoms with van der Waals surface area (Å²) in [5.74, 6) is 0.584. The lowest BCUT2D eigenvalue weighted by Gasteiger charge is -2.08. The lowest BCUT2D eigenvalue weighted by atomic mass is 10.1. The monoisotopic (exact) mass is 418 g/mol. The molecule has 0 spiro atoms. The third-order valence-electron chi connectivity index (χ3n) is 4.69. The quantitative estimate of drug-likeness (QED) is 0.405. The Hall–Kier alpha value is -4.01. The molecule has 0 aliphatic carbocycles. The second-order valence-electron chi connectivity index (χ2n) is 6.77. The van der Waals surface area contributed by atoms with Crippen LogP contribution < -0.4 is 4.74 Å². The zero-order chi connectivity index (χ0) is 21.6. The maximum atomic E-state index is 13.1. The van der Waals surface area contributed by atoms with Crippen molar-refractivity contribution in [1.82, 2.24) is 30.0 Å². The van der Waals surface area contributed by atoms with Crippen LogP contribution in [0.4, 0.5) is 0 Å². The topological polar surface area (TPSA) is 97.0 Å². The number of hydrogen-bond donors (Lipinski definition) is 0. The number of esters is 1. The van der Waals surface area contributed by atoms with Crippen LogP contribution in [0.2, 0.25) is 0 Å². The van der Waals surface area contributed by atoms with Crippen LogP contribution in [0.5, 0.6) is 5.75 Å². The Kier molecular flexibility index (Phi) is 6.02. The van der Waals surface area contributed by atoms with Crippen molar-refractivity contribution < 1.29 is 14.3 Å². The van der Waals surface area contributed by atoms with E-state index in [1.54, 1.807) is 22.7 Å². The molecule has 2 aromatic heterocycles. The molecular formula is C22H22N6O3. The van der Waals surface area contributed by atoms with Gasteiger partial charge in [0.15, 0.2) is 12.4 Å². The molecule has 2 aromatic carbocycles. The van der Waals surface area contributed by atoms with Gasteiger partial charge in [-0.1, -0.05) is 37.3 Å². The van der Waals surface area contributed by atoms with Crippen molar-refractivity contribution in [1.29, 1.82) is 0 Å². The largest absolute Gasteiger partial charge is 0.496 e. The summed E-state index contributed by atoms with van der Waals surface area (Å²) in [5.41, 5.74) is 2.31. The van der Waals surface area contributed by atoms with Crippen LogP contribution in [-0.2, 0) is 17.9 Å². The molecule has 0 bridgehead atoms. The molecule has 0 aliphatic heterocycles. The van der Waals surface area contributed by atoms with E-state index in [0.717, 1.165) is 12.1 Å². The van der Waals surface area contributed by atoms with Crippen LogP contribution in [0.3, 0.4) is 0 Å². The van der Waals surface area contributed by atoms with E-state index in [1.165, 1.54) is 0 Å². The lowest BCUT2D eigenvalue weighted by molar-refractivity contribution is 0.0457. The highest BCUT2D eigenvalue weighted by molar-refractivity contribution is 5.97. The third kappa shape index (κ3) is 4.30. The Morgan fingerprint density at radius 3 is 2.61 bits per heavy atom. The number of para-hydroxylation sites is 2. The SMILES string of the molecule is CCCn1nnnc1COC(=O)c1cn(-c2ccccc2)nc1-c1ccccc1OC. The van der Waals surface area contributed by atoms with Gasteiger partial charge in [-0.3, -0.25) is 0 Å². The number of benzene rings is 2. The zero-order valence-corrected chi connectivity index (χ0v) is 17.3.